The smallest absolute Gasteiger partial charge is 0.277 e. The number of benzene rings is 2. The third-order valence-electron chi connectivity index (χ3n) is 2.46. The summed E-state index contributed by atoms with van der Waals surface area (Å²) in [5, 5.41) is 20.2. The monoisotopic (exact) mass is 241 g/mol. The van der Waals surface area contributed by atoms with Crippen molar-refractivity contribution in [2.75, 3.05) is 0 Å². The molecule has 0 aliphatic heterocycles. The summed E-state index contributed by atoms with van der Waals surface area (Å²) in [6, 6.07) is 14.9. The number of phenols is 1. The molecule has 0 bridgehead atoms. The molecule has 90 valence electrons. The molecule has 0 aliphatic rings. The van der Waals surface area contributed by atoms with Crippen LogP contribution in [-0.2, 0) is 0 Å². The molecular formula is C14H11NO3. The minimum Gasteiger partial charge on any atom is -0.508 e. The lowest BCUT2D eigenvalue weighted by Gasteiger charge is -1.99. The lowest BCUT2D eigenvalue weighted by molar-refractivity contribution is -0.374. The zero-order valence-corrected chi connectivity index (χ0v) is 9.48. The van der Waals surface area contributed by atoms with Crippen LogP contribution in [0, 0.1) is 10.1 Å². The van der Waals surface area contributed by atoms with E-state index < -0.39 is 4.92 Å². The van der Waals surface area contributed by atoms with Crippen LogP contribution in [0.5, 0.6) is 5.75 Å². The fraction of sp³-hybridized carbons (Fsp3) is 0. The van der Waals surface area contributed by atoms with Crippen LogP contribution in [0.4, 0.5) is 0 Å². The second-order valence-electron chi connectivity index (χ2n) is 3.74. The lowest BCUT2D eigenvalue weighted by atomic mass is 10.1. The Hall–Kier alpha value is -2.62. The Morgan fingerprint density at radius 3 is 2.22 bits per heavy atom. The second-order valence-corrected chi connectivity index (χ2v) is 3.74. The predicted octanol–water partition coefficient (Wildman–Crippen LogP) is 3.17. The van der Waals surface area contributed by atoms with Gasteiger partial charge in [-0.05, 0) is 29.8 Å². The van der Waals surface area contributed by atoms with Crippen molar-refractivity contribution in [1.82, 2.24) is 0 Å². The SMILES string of the molecule is O=[N+]([O-])C(=Cc1ccc(O)cc1)c1ccccc1. The Bertz CT molecular complexity index is 574. The maximum absolute atomic E-state index is 11.1. The van der Waals surface area contributed by atoms with E-state index >= 15 is 0 Å². The van der Waals surface area contributed by atoms with Gasteiger partial charge in [0.05, 0.1) is 10.5 Å². The zero-order valence-electron chi connectivity index (χ0n) is 9.48. The topological polar surface area (TPSA) is 63.4 Å². The fourth-order valence-corrected chi connectivity index (χ4v) is 1.58. The molecular weight excluding hydrogens is 230 g/mol. The number of aromatic hydroxyl groups is 1. The van der Waals surface area contributed by atoms with Crippen LogP contribution in [0.25, 0.3) is 11.8 Å². The van der Waals surface area contributed by atoms with Gasteiger partial charge in [-0.25, -0.2) is 0 Å². The minimum atomic E-state index is -0.414. The van der Waals surface area contributed by atoms with Gasteiger partial charge in [0.1, 0.15) is 5.75 Å². The van der Waals surface area contributed by atoms with E-state index in [1.807, 2.05) is 6.07 Å². The van der Waals surface area contributed by atoms with Crippen LogP contribution in [-0.4, -0.2) is 10.0 Å². The van der Waals surface area contributed by atoms with Crippen molar-refractivity contribution in [3.05, 3.63) is 75.8 Å². The van der Waals surface area contributed by atoms with Crippen molar-refractivity contribution >= 4 is 11.8 Å². The molecule has 0 unspecified atom stereocenters. The number of hydrogen-bond acceptors (Lipinski definition) is 3. The van der Waals surface area contributed by atoms with E-state index in [9.17, 15) is 10.1 Å². The highest BCUT2D eigenvalue weighted by Gasteiger charge is 2.13. The van der Waals surface area contributed by atoms with Gasteiger partial charge in [0.25, 0.3) is 5.70 Å². The number of nitrogens with zero attached hydrogens (tertiary/aromatic N) is 1. The van der Waals surface area contributed by atoms with Crippen LogP contribution < -0.4 is 0 Å². The van der Waals surface area contributed by atoms with Crippen LogP contribution in [0.3, 0.4) is 0 Å². The van der Waals surface area contributed by atoms with Crippen LogP contribution in [0.15, 0.2) is 54.6 Å². The molecule has 1 N–H and O–H groups in total. The molecule has 0 saturated heterocycles. The summed E-state index contributed by atoms with van der Waals surface area (Å²) in [7, 11) is 0. The van der Waals surface area contributed by atoms with E-state index in [2.05, 4.69) is 0 Å². The van der Waals surface area contributed by atoms with Crippen molar-refractivity contribution in [1.29, 1.82) is 0 Å². The average Bonchev–Trinajstić information content (AvgIpc) is 2.38. The molecule has 0 fully saturated rings. The van der Waals surface area contributed by atoms with E-state index in [0.29, 0.717) is 11.1 Å². The van der Waals surface area contributed by atoms with Crippen LogP contribution in [0.1, 0.15) is 11.1 Å². The number of phenolic OH excluding ortho intramolecular Hbond substituents is 1. The molecule has 4 nitrogen and oxygen atoms in total. The van der Waals surface area contributed by atoms with Gasteiger partial charge >= 0.3 is 0 Å². The Morgan fingerprint density at radius 2 is 1.67 bits per heavy atom. The van der Waals surface area contributed by atoms with Gasteiger partial charge < -0.3 is 5.11 Å². The Labute approximate surface area is 104 Å². The van der Waals surface area contributed by atoms with E-state index in [1.54, 1.807) is 36.4 Å². The standard InChI is InChI=1S/C14H11NO3/c16-13-8-6-11(7-9-13)10-14(15(17)18)12-4-2-1-3-5-12/h1-10,16H. The molecule has 0 heterocycles. The summed E-state index contributed by atoms with van der Waals surface area (Å²) >= 11 is 0. The highest BCUT2D eigenvalue weighted by molar-refractivity contribution is 5.76. The number of rotatable bonds is 3. The Morgan fingerprint density at radius 1 is 1.06 bits per heavy atom. The minimum absolute atomic E-state index is 0.0290. The van der Waals surface area contributed by atoms with Crippen LogP contribution in [0.2, 0.25) is 0 Å². The zero-order chi connectivity index (χ0) is 13.0. The van der Waals surface area contributed by atoms with Crippen LogP contribution >= 0.6 is 0 Å². The number of hydrogen-bond donors (Lipinski definition) is 1. The molecule has 0 radical (unpaired) electrons. The van der Waals surface area contributed by atoms with Gasteiger partial charge in [-0.15, -0.1) is 0 Å². The summed E-state index contributed by atoms with van der Waals surface area (Å²) < 4.78 is 0. The van der Waals surface area contributed by atoms with Gasteiger partial charge in [0.15, 0.2) is 0 Å². The van der Waals surface area contributed by atoms with Crippen molar-refractivity contribution in [2.24, 2.45) is 0 Å². The Kier molecular flexibility index (Phi) is 3.38. The quantitative estimate of drug-likeness (QED) is 0.510. The predicted molar refractivity (Wildman–Crippen MR) is 69.4 cm³/mol. The van der Waals surface area contributed by atoms with E-state index in [-0.39, 0.29) is 11.4 Å². The maximum atomic E-state index is 11.1. The second kappa shape index (κ2) is 5.14. The van der Waals surface area contributed by atoms with E-state index in [4.69, 9.17) is 5.11 Å². The summed E-state index contributed by atoms with van der Waals surface area (Å²) in [6.45, 7) is 0. The molecule has 0 aromatic heterocycles. The van der Waals surface area contributed by atoms with Gasteiger partial charge in [0.2, 0.25) is 0 Å². The summed E-state index contributed by atoms with van der Waals surface area (Å²) in [5.74, 6) is 0.134. The maximum Gasteiger partial charge on any atom is 0.277 e. The molecule has 2 rings (SSSR count). The molecule has 18 heavy (non-hydrogen) atoms. The van der Waals surface area contributed by atoms with Crippen molar-refractivity contribution in [2.45, 2.75) is 0 Å². The molecule has 4 heteroatoms. The third-order valence-corrected chi connectivity index (χ3v) is 2.46. The first-order valence-electron chi connectivity index (χ1n) is 5.37. The summed E-state index contributed by atoms with van der Waals surface area (Å²) in [4.78, 5) is 10.6. The van der Waals surface area contributed by atoms with Gasteiger partial charge in [0, 0.05) is 6.08 Å². The first-order chi connectivity index (χ1) is 8.66. The molecule has 0 saturated carbocycles. The van der Waals surface area contributed by atoms with Crippen molar-refractivity contribution < 1.29 is 10.0 Å². The molecule has 0 aliphatic carbocycles. The van der Waals surface area contributed by atoms with Gasteiger partial charge in [-0.1, -0.05) is 30.3 Å². The first kappa shape index (κ1) is 11.9. The van der Waals surface area contributed by atoms with Gasteiger partial charge in [-0.3, -0.25) is 10.1 Å². The summed E-state index contributed by atoms with van der Waals surface area (Å²) in [5.41, 5.74) is 1.25. The fourth-order valence-electron chi connectivity index (χ4n) is 1.58. The summed E-state index contributed by atoms with van der Waals surface area (Å²) in [6.07, 6.45) is 1.48. The molecule has 0 spiro atoms. The highest BCUT2D eigenvalue weighted by atomic mass is 16.6. The van der Waals surface area contributed by atoms with Gasteiger partial charge in [-0.2, -0.15) is 0 Å². The molecule has 0 atom stereocenters. The van der Waals surface area contributed by atoms with Crippen molar-refractivity contribution in [3.8, 4) is 5.75 Å². The molecule has 2 aromatic rings. The third kappa shape index (κ3) is 2.74. The van der Waals surface area contributed by atoms with E-state index in [0.717, 1.165) is 0 Å². The largest absolute Gasteiger partial charge is 0.508 e. The molecule has 2 aromatic carbocycles. The first-order valence-corrected chi connectivity index (χ1v) is 5.37. The normalized spacial score (nSPS) is 11.2. The lowest BCUT2D eigenvalue weighted by Crippen LogP contribution is -1.97. The number of nitro groups is 1. The average molecular weight is 241 g/mol. The van der Waals surface area contributed by atoms with E-state index in [1.165, 1.54) is 18.2 Å². The highest BCUT2D eigenvalue weighted by Crippen LogP contribution is 2.19. The molecule has 0 amide bonds. The Balaban J connectivity index is 2.43. The van der Waals surface area contributed by atoms with Crippen molar-refractivity contribution in [3.63, 3.8) is 0 Å².